The second-order valence-electron chi connectivity index (χ2n) is 6.72. The Morgan fingerprint density at radius 2 is 0.970 bits per heavy atom. The fourth-order valence-electron chi connectivity index (χ4n) is 2.40. The first-order valence-corrected chi connectivity index (χ1v) is 11.2. The molecule has 1 rings (SSSR count). The molecule has 0 radical (unpaired) electrons. The maximum absolute atomic E-state index is 11.0. The molecule has 10 nitrogen and oxygen atoms in total. The largest absolute Gasteiger partial charge is 0.491 e. The SMILES string of the molecule is COCCOCCOCCOCCOCCOCCOCCOc1ccc(NC(C)=O)cc1. The third-order valence-corrected chi connectivity index (χ3v) is 3.96. The fourth-order valence-corrected chi connectivity index (χ4v) is 2.40. The van der Waals surface area contributed by atoms with Crippen molar-refractivity contribution in [1.29, 1.82) is 0 Å². The minimum absolute atomic E-state index is 0.103. The molecule has 0 saturated heterocycles. The van der Waals surface area contributed by atoms with Crippen LogP contribution in [0.3, 0.4) is 0 Å². The molecule has 190 valence electrons. The van der Waals surface area contributed by atoms with Gasteiger partial charge in [-0.2, -0.15) is 0 Å². The second-order valence-corrected chi connectivity index (χ2v) is 6.72. The first kappa shape index (κ1) is 29.2. The van der Waals surface area contributed by atoms with E-state index >= 15 is 0 Å². The van der Waals surface area contributed by atoms with Crippen LogP contribution in [-0.4, -0.2) is 106 Å². The van der Waals surface area contributed by atoms with Gasteiger partial charge in [-0.1, -0.05) is 0 Å². The number of methoxy groups -OCH3 is 1. The van der Waals surface area contributed by atoms with Crippen molar-refractivity contribution in [2.75, 3.05) is 105 Å². The van der Waals surface area contributed by atoms with Gasteiger partial charge in [0.1, 0.15) is 12.4 Å². The average Bonchev–Trinajstić information content (AvgIpc) is 2.81. The van der Waals surface area contributed by atoms with Crippen LogP contribution >= 0.6 is 0 Å². The molecule has 0 aliphatic carbocycles. The third kappa shape index (κ3) is 19.4. The van der Waals surface area contributed by atoms with E-state index in [1.807, 2.05) is 0 Å². The monoisotopic (exact) mass is 473 g/mol. The Morgan fingerprint density at radius 3 is 1.33 bits per heavy atom. The van der Waals surface area contributed by atoms with E-state index in [0.29, 0.717) is 92.5 Å². The Hall–Kier alpha value is -1.79. The van der Waals surface area contributed by atoms with Gasteiger partial charge in [-0.15, -0.1) is 0 Å². The van der Waals surface area contributed by atoms with Crippen molar-refractivity contribution in [2.24, 2.45) is 0 Å². The lowest BCUT2D eigenvalue weighted by Gasteiger charge is -2.09. The van der Waals surface area contributed by atoms with Crippen molar-refractivity contribution in [3.8, 4) is 5.75 Å². The number of anilines is 1. The van der Waals surface area contributed by atoms with Crippen LogP contribution in [0.5, 0.6) is 5.75 Å². The number of carbonyl (C=O) groups is 1. The highest BCUT2D eigenvalue weighted by atomic mass is 16.6. The molecule has 0 aliphatic rings. The van der Waals surface area contributed by atoms with Gasteiger partial charge in [0.25, 0.3) is 0 Å². The standard InChI is InChI=1S/C23H39NO9/c1-21(25)24-22-3-5-23(6-4-22)33-20-19-32-18-17-31-16-15-30-14-13-29-12-11-28-10-9-27-8-7-26-2/h3-6H,7-20H2,1-2H3,(H,24,25). The number of ether oxygens (including phenoxy) is 8. The molecule has 33 heavy (non-hydrogen) atoms. The van der Waals surface area contributed by atoms with E-state index in [4.69, 9.17) is 37.9 Å². The van der Waals surface area contributed by atoms with E-state index in [-0.39, 0.29) is 5.91 Å². The van der Waals surface area contributed by atoms with Crippen molar-refractivity contribution in [3.63, 3.8) is 0 Å². The van der Waals surface area contributed by atoms with Gasteiger partial charge in [0.15, 0.2) is 0 Å². The zero-order valence-electron chi connectivity index (χ0n) is 19.9. The summed E-state index contributed by atoms with van der Waals surface area (Å²) >= 11 is 0. The number of hydrogen-bond acceptors (Lipinski definition) is 9. The zero-order chi connectivity index (χ0) is 23.8. The summed E-state index contributed by atoms with van der Waals surface area (Å²) in [6.07, 6.45) is 0. The Kier molecular flexibility index (Phi) is 19.5. The smallest absolute Gasteiger partial charge is 0.221 e. The normalized spacial score (nSPS) is 11.0. The van der Waals surface area contributed by atoms with E-state index in [2.05, 4.69) is 5.32 Å². The van der Waals surface area contributed by atoms with E-state index < -0.39 is 0 Å². The number of nitrogens with one attached hydrogen (secondary N) is 1. The van der Waals surface area contributed by atoms with Crippen LogP contribution in [0.15, 0.2) is 24.3 Å². The molecule has 0 heterocycles. The molecule has 0 bridgehead atoms. The van der Waals surface area contributed by atoms with Crippen LogP contribution in [0.2, 0.25) is 0 Å². The lowest BCUT2D eigenvalue weighted by atomic mass is 10.3. The summed E-state index contributed by atoms with van der Waals surface area (Å²) in [6.45, 7) is 8.77. The van der Waals surface area contributed by atoms with Crippen LogP contribution in [0.4, 0.5) is 5.69 Å². The number of hydrogen-bond donors (Lipinski definition) is 1. The average molecular weight is 474 g/mol. The Morgan fingerprint density at radius 1 is 0.606 bits per heavy atom. The van der Waals surface area contributed by atoms with Crippen LogP contribution < -0.4 is 10.1 Å². The van der Waals surface area contributed by atoms with Gasteiger partial charge in [0.2, 0.25) is 5.91 Å². The van der Waals surface area contributed by atoms with E-state index in [9.17, 15) is 4.79 Å². The Labute approximate surface area is 196 Å². The van der Waals surface area contributed by atoms with Gasteiger partial charge >= 0.3 is 0 Å². The molecular weight excluding hydrogens is 434 g/mol. The first-order chi connectivity index (χ1) is 16.2. The summed E-state index contributed by atoms with van der Waals surface area (Å²) in [4.78, 5) is 11.0. The molecule has 0 spiro atoms. The highest BCUT2D eigenvalue weighted by Gasteiger charge is 1.98. The lowest BCUT2D eigenvalue weighted by Crippen LogP contribution is -2.15. The van der Waals surface area contributed by atoms with Gasteiger partial charge < -0.3 is 43.2 Å². The van der Waals surface area contributed by atoms with Gasteiger partial charge in [0, 0.05) is 19.7 Å². The van der Waals surface area contributed by atoms with Gasteiger partial charge in [-0.3, -0.25) is 4.79 Å². The predicted molar refractivity (Wildman–Crippen MR) is 123 cm³/mol. The quantitative estimate of drug-likeness (QED) is 0.238. The second kappa shape index (κ2) is 22.0. The maximum Gasteiger partial charge on any atom is 0.221 e. The van der Waals surface area contributed by atoms with E-state index in [1.165, 1.54) is 6.92 Å². The molecule has 0 atom stereocenters. The molecule has 1 N–H and O–H groups in total. The zero-order valence-corrected chi connectivity index (χ0v) is 19.9. The summed E-state index contributed by atoms with van der Waals surface area (Å²) in [5.74, 6) is 0.620. The minimum Gasteiger partial charge on any atom is -0.491 e. The third-order valence-electron chi connectivity index (χ3n) is 3.96. The van der Waals surface area contributed by atoms with Crippen molar-refractivity contribution in [1.82, 2.24) is 0 Å². The van der Waals surface area contributed by atoms with Crippen molar-refractivity contribution in [2.45, 2.75) is 6.92 Å². The summed E-state index contributed by atoms with van der Waals surface area (Å²) in [5.41, 5.74) is 0.737. The van der Waals surface area contributed by atoms with Crippen LogP contribution in [0.25, 0.3) is 0 Å². The number of benzene rings is 1. The van der Waals surface area contributed by atoms with Gasteiger partial charge in [-0.05, 0) is 24.3 Å². The summed E-state index contributed by atoms with van der Waals surface area (Å²) in [5, 5.41) is 2.70. The minimum atomic E-state index is -0.103. The van der Waals surface area contributed by atoms with Crippen molar-refractivity contribution >= 4 is 11.6 Å². The van der Waals surface area contributed by atoms with Gasteiger partial charge in [0.05, 0.1) is 85.9 Å². The van der Waals surface area contributed by atoms with Crippen LogP contribution in [-0.2, 0) is 38.0 Å². The molecule has 1 aromatic carbocycles. The molecule has 1 aromatic rings. The van der Waals surface area contributed by atoms with E-state index in [1.54, 1.807) is 31.4 Å². The Bertz CT molecular complexity index is 572. The number of rotatable bonds is 23. The molecular formula is C23H39NO9. The topological polar surface area (TPSA) is 103 Å². The van der Waals surface area contributed by atoms with Crippen molar-refractivity contribution in [3.05, 3.63) is 24.3 Å². The summed E-state index contributed by atoms with van der Waals surface area (Å²) < 4.78 is 42.9. The highest BCUT2D eigenvalue weighted by molar-refractivity contribution is 5.88. The molecule has 0 fully saturated rings. The molecule has 0 aliphatic heterocycles. The number of carbonyl (C=O) groups excluding carboxylic acids is 1. The first-order valence-electron chi connectivity index (χ1n) is 11.2. The maximum atomic E-state index is 11.0. The summed E-state index contributed by atoms with van der Waals surface area (Å²) in [7, 11) is 1.64. The lowest BCUT2D eigenvalue weighted by molar-refractivity contribution is -0.114. The number of amides is 1. The molecule has 0 unspecified atom stereocenters. The highest BCUT2D eigenvalue weighted by Crippen LogP contribution is 2.15. The Balaban J connectivity index is 1.75. The van der Waals surface area contributed by atoms with E-state index in [0.717, 1.165) is 11.4 Å². The summed E-state index contributed by atoms with van der Waals surface area (Å²) in [6, 6.07) is 7.18. The van der Waals surface area contributed by atoms with Crippen molar-refractivity contribution < 1.29 is 42.7 Å². The molecule has 1 amide bonds. The molecule has 10 heteroatoms. The molecule has 0 saturated carbocycles. The van der Waals surface area contributed by atoms with Crippen LogP contribution in [0, 0.1) is 0 Å². The van der Waals surface area contributed by atoms with Gasteiger partial charge in [-0.25, -0.2) is 0 Å². The van der Waals surface area contributed by atoms with Crippen LogP contribution in [0.1, 0.15) is 6.92 Å². The fraction of sp³-hybridized carbons (Fsp3) is 0.696. The predicted octanol–water partition coefficient (Wildman–Crippen LogP) is 1.77. The molecule has 0 aromatic heterocycles.